The van der Waals surface area contributed by atoms with Gasteiger partial charge in [0.05, 0.1) is 18.6 Å². The molecular formula is C16H20N2O3. The van der Waals surface area contributed by atoms with Crippen LogP contribution in [-0.2, 0) is 6.54 Å². The highest BCUT2D eigenvalue weighted by Crippen LogP contribution is 2.14. The van der Waals surface area contributed by atoms with E-state index in [1.807, 2.05) is 18.4 Å². The van der Waals surface area contributed by atoms with Crippen LogP contribution in [0.4, 0.5) is 0 Å². The Bertz CT molecular complexity index is 634. The van der Waals surface area contributed by atoms with Crippen molar-refractivity contribution in [3.05, 3.63) is 47.5 Å². The van der Waals surface area contributed by atoms with Gasteiger partial charge >= 0.3 is 0 Å². The predicted molar refractivity (Wildman–Crippen MR) is 79.6 cm³/mol. The van der Waals surface area contributed by atoms with Crippen LogP contribution in [0, 0.1) is 13.8 Å². The smallest absolute Gasteiger partial charge is 0.159 e. The summed E-state index contributed by atoms with van der Waals surface area (Å²) in [7, 11) is 0. The molecule has 0 aliphatic heterocycles. The maximum absolute atomic E-state index is 11.3. The molecule has 2 rings (SSSR count). The van der Waals surface area contributed by atoms with Gasteiger partial charge in [0.2, 0.25) is 0 Å². The molecule has 1 heterocycles. The molecule has 0 aliphatic carbocycles. The van der Waals surface area contributed by atoms with Crippen molar-refractivity contribution in [1.29, 1.82) is 0 Å². The number of carbonyl (C=O) groups is 1. The number of aliphatic hydroxyl groups excluding tert-OH is 1. The van der Waals surface area contributed by atoms with E-state index in [4.69, 9.17) is 4.74 Å². The molecule has 2 aromatic rings. The molecule has 0 spiro atoms. The van der Waals surface area contributed by atoms with Crippen LogP contribution in [0.15, 0.2) is 30.6 Å². The van der Waals surface area contributed by atoms with Crippen molar-refractivity contribution in [3.8, 4) is 5.75 Å². The highest BCUT2D eigenvalue weighted by Gasteiger charge is 2.10. The SMILES string of the molecule is CC(=O)c1cccc(OC[C@H](O)Cn2cnc(C)c2C)c1. The zero-order valence-electron chi connectivity index (χ0n) is 12.5. The quantitative estimate of drug-likeness (QED) is 0.827. The van der Waals surface area contributed by atoms with Gasteiger partial charge in [-0.2, -0.15) is 0 Å². The van der Waals surface area contributed by atoms with Gasteiger partial charge < -0.3 is 14.4 Å². The first kappa shape index (κ1) is 15.3. The molecule has 0 radical (unpaired) electrons. The Morgan fingerprint density at radius 3 is 2.81 bits per heavy atom. The Morgan fingerprint density at radius 2 is 2.19 bits per heavy atom. The van der Waals surface area contributed by atoms with Crippen molar-refractivity contribution in [1.82, 2.24) is 9.55 Å². The second kappa shape index (κ2) is 6.54. The lowest BCUT2D eigenvalue weighted by atomic mass is 10.1. The summed E-state index contributed by atoms with van der Waals surface area (Å²) in [6.45, 7) is 6.00. The molecular weight excluding hydrogens is 268 g/mol. The van der Waals surface area contributed by atoms with Crippen LogP contribution in [0.1, 0.15) is 28.7 Å². The van der Waals surface area contributed by atoms with Gasteiger partial charge in [0.1, 0.15) is 18.5 Å². The van der Waals surface area contributed by atoms with Gasteiger partial charge in [-0.05, 0) is 32.9 Å². The molecule has 21 heavy (non-hydrogen) atoms. The van der Waals surface area contributed by atoms with Crippen molar-refractivity contribution >= 4 is 5.78 Å². The molecule has 0 amide bonds. The molecule has 1 aromatic heterocycles. The number of ether oxygens (including phenoxy) is 1. The molecule has 1 aromatic carbocycles. The van der Waals surface area contributed by atoms with E-state index in [1.165, 1.54) is 6.92 Å². The van der Waals surface area contributed by atoms with Crippen molar-refractivity contribution in [2.75, 3.05) is 6.61 Å². The van der Waals surface area contributed by atoms with E-state index in [-0.39, 0.29) is 12.4 Å². The number of ketones is 1. The highest BCUT2D eigenvalue weighted by molar-refractivity contribution is 5.94. The van der Waals surface area contributed by atoms with E-state index in [9.17, 15) is 9.90 Å². The second-order valence-corrected chi connectivity index (χ2v) is 5.12. The van der Waals surface area contributed by atoms with Crippen molar-refractivity contribution in [2.24, 2.45) is 0 Å². The number of hydrogen-bond acceptors (Lipinski definition) is 4. The van der Waals surface area contributed by atoms with Crippen LogP contribution in [0.25, 0.3) is 0 Å². The lowest BCUT2D eigenvalue weighted by Crippen LogP contribution is -2.23. The van der Waals surface area contributed by atoms with Crippen LogP contribution in [0.2, 0.25) is 0 Å². The van der Waals surface area contributed by atoms with Crippen molar-refractivity contribution in [2.45, 2.75) is 33.4 Å². The van der Waals surface area contributed by atoms with Crippen LogP contribution in [-0.4, -0.2) is 33.2 Å². The molecule has 1 N–H and O–H groups in total. The largest absolute Gasteiger partial charge is 0.491 e. The summed E-state index contributed by atoms with van der Waals surface area (Å²) >= 11 is 0. The van der Waals surface area contributed by atoms with Gasteiger partial charge in [0, 0.05) is 11.3 Å². The third-order valence-electron chi connectivity index (χ3n) is 3.44. The van der Waals surface area contributed by atoms with Gasteiger partial charge in [-0.3, -0.25) is 4.79 Å². The van der Waals surface area contributed by atoms with Crippen LogP contribution >= 0.6 is 0 Å². The van der Waals surface area contributed by atoms with E-state index in [0.717, 1.165) is 11.4 Å². The number of aliphatic hydroxyl groups is 1. The number of aryl methyl sites for hydroxylation is 1. The number of benzene rings is 1. The first-order chi connectivity index (χ1) is 9.97. The molecule has 0 aliphatic rings. The maximum atomic E-state index is 11.3. The molecule has 0 bridgehead atoms. The number of rotatable bonds is 6. The summed E-state index contributed by atoms with van der Waals surface area (Å²) in [5, 5.41) is 10.0. The van der Waals surface area contributed by atoms with Gasteiger partial charge in [-0.1, -0.05) is 12.1 Å². The zero-order chi connectivity index (χ0) is 15.4. The van der Waals surface area contributed by atoms with Gasteiger partial charge in [-0.25, -0.2) is 4.98 Å². The number of imidazole rings is 1. The fraction of sp³-hybridized carbons (Fsp3) is 0.375. The van der Waals surface area contributed by atoms with E-state index >= 15 is 0 Å². The molecule has 112 valence electrons. The maximum Gasteiger partial charge on any atom is 0.159 e. The minimum Gasteiger partial charge on any atom is -0.491 e. The minimum absolute atomic E-state index is 0.00878. The van der Waals surface area contributed by atoms with Crippen molar-refractivity contribution in [3.63, 3.8) is 0 Å². The Balaban J connectivity index is 1.92. The Labute approximate surface area is 124 Å². The van der Waals surface area contributed by atoms with Crippen molar-refractivity contribution < 1.29 is 14.6 Å². The van der Waals surface area contributed by atoms with Gasteiger partial charge in [-0.15, -0.1) is 0 Å². The molecule has 1 atom stereocenters. The second-order valence-electron chi connectivity index (χ2n) is 5.12. The third kappa shape index (κ3) is 3.92. The molecule has 0 saturated heterocycles. The van der Waals surface area contributed by atoms with Gasteiger partial charge in [0.15, 0.2) is 5.78 Å². The molecule has 0 fully saturated rings. The van der Waals surface area contributed by atoms with Crippen LogP contribution in [0.5, 0.6) is 5.75 Å². The topological polar surface area (TPSA) is 64.3 Å². The fourth-order valence-electron chi connectivity index (χ4n) is 2.01. The first-order valence-electron chi connectivity index (χ1n) is 6.87. The summed E-state index contributed by atoms with van der Waals surface area (Å²) in [4.78, 5) is 15.5. The molecule has 5 nitrogen and oxygen atoms in total. The monoisotopic (exact) mass is 288 g/mol. The number of carbonyl (C=O) groups excluding carboxylic acids is 1. The Morgan fingerprint density at radius 1 is 1.43 bits per heavy atom. The number of Topliss-reactive ketones (excluding diaryl/α,β-unsaturated/α-hetero) is 1. The Kier molecular flexibility index (Phi) is 4.75. The van der Waals surface area contributed by atoms with Gasteiger partial charge in [0.25, 0.3) is 0 Å². The lowest BCUT2D eigenvalue weighted by molar-refractivity contribution is 0.0918. The number of hydrogen-bond donors (Lipinski definition) is 1. The van der Waals surface area contributed by atoms with E-state index in [2.05, 4.69) is 4.98 Å². The fourth-order valence-corrected chi connectivity index (χ4v) is 2.01. The average Bonchev–Trinajstić information content (AvgIpc) is 2.77. The average molecular weight is 288 g/mol. The summed E-state index contributed by atoms with van der Waals surface area (Å²) in [6, 6.07) is 6.96. The summed E-state index contributed by atoms with van der Waals surface area (Å²) in [5.74, 6) is 0.575. The zero-order valence-corrected chi connectivity index (χ0v) is 12.5. The van der Waals surface area contributed by atoms with Crippen LogP contribution in [0.3, 0.4) is 0 Å². The van der Waals surface area contributed by atoms with Crippen LogP contribution < -0.4 is 4.74 Å². The summed E-state index contributed by atoms with van der Waals surface area (Å²) in [6.07, 6.45) is 1.07. The summed E-state index contributed by atoms with van der Waals surface area (Å²) < 4.78 is 7.44. The van der Waals surface area contributed by atoms with E-state index in [0.29, 0.717) is 17.9 Å². The minimum atomic E-state index is -0.640. The predicted octanol–water partition coefficient (Wildman–Crippen LogP) is 2.14. The molecule has 0 saturated carbocycles. The number of nitrogens with zero attached hydrogens (tertiary/aromatic N) is 2. The van der Waals surface area contributed by atoms with E-state index < -0.39 is 6.10 Å². The lowest BCUT2D eigenvalue weighted by Gasteiger charge is -2.14. The molecule has 0 unspecified atom stereocenters. The Hall–Kier alpha value is -2.14. The normalized spacial score (nSPS) is 12.2. The summed E-state index contributed by atoms with van der Waals surface area (Å²) in [5.41, 5.74) is 2.59. The number of aromatic nitrogens is 2. The highest BCUT2D eigenvalue weighted by atomic mass is 16.5. The standard InChI is InChI=1S/C16H20N2O3/c1-11-12(2)18(10-17-11)8-15(20)9-21-16-6-4-5-14(7-16)13(3)19/h4-7,10,15,20H,8-9H2,1-3H3/t15-/m1/s1. The van der Waals surface area contributed by atoms with E-state index in [1.54, 1.807) is 30.6 Å². The first-order valence-corrected chi connectivity index (χ1v) is 6.87. The third-order valence-corrected chi connectivity index (χ3v) is 3.44. The molecule has 5 heteroatoms.